The van der Waals surface area contributed by atoms with Crippen LogP contribution in [0.3, 0.4) is 0 Å². The minimum absolute atomic E-state index is 0.0121. The Labute approximate surface area is 115 Å². The number of carbonyl (C=O) groups is 1. The third-order valence-electron chi connectivity index (χ3n) is 2.48. The number of benzene rings is 1. The second-order valence-corrected chi connectivity index (χ2v) is 5.26. The van der Waals surface area contributed by atoms with Crippen LogP contribution in [0.1, 0.15) is 30.6 Å². The van der Waals surface area contributed by atoms with Crippen LogP contribution in [0.5, 0.6) is 5.75 Å². The van der Waals surface area contributed by atoms with E-state index in [9.17, 15) is 14.3 Å². The van der Waals surface area contributed by atoms with Gasteiger partial charge in [0.15, 0.2) is 0 Å². The molecule has 0 fully saturated rings. The van der Waals surface area contributed by atoms with Gasteiger partial charge in [0.25, 0.3) is 5.91 Å². The molecule has 2 N–H and O–H groups in total. The molecule has 1 aromatic rings. The Morgan fingerprint density at radius 1 is 1.50 bits per heavy atom. The Morgan fingerprint density at radius 2 is 2.17 bits per heavy atom. The number of rotatable bonds is 5. The number of carbonyl (C=O) groups excluding carboxylic acids is 1. The zero-order chi connectivity index (χ0) is 13.7. The van der Waals surface area contributed by atoms with E-state index in [1.807, 2.05) is 0 Å². The van der Waals surface area contributed by atoms with Crippen LogP contribution < -0.4 is 5.32 Å². The first-order valence-electron chi connectivity index (χ1n) is 5.79. The van der Waals surface area contributed by atoms with Crippen LogP contribution in [0.15, 0.2) is 18.2 Å². The van der Waals surface area contributed by atoms with Gasteiger partial charge in [0.05, 0.1) is 5.56 Å². The molecule has 0 aromatic heterocycles. The van der Waals surface area contributed by atoms with Gasteiger partial charge in [0, 0.05) is 17.4 Å². The molecule has 0 saturated carbocycles. The van der Waals surface area contributed by atoms with Gasteiger partial charge in [-0.3, -0.25) is 4.79 Å². The molecule has 0 bridgehead atoms. The number of nitrogens with one attached hydrogen (secondary N) is 1. The molecule has 0 saturated heterocycles. The molecule has 0 spiro atoms. The summed E-state index contributed by atoms with van der Waals surface area (Å²) in [7, 11) is 0. The van der Waals surface area contributed by atoms with E-state index in [1.165, 1.54) is 6.07 Å². The third-order valence-corrected chi connectivity index (χ3v) is 3.26. The first kappa shape index (κ1) is 15.0. The summed E-state index contributed by atoms with van der Waals surface area (Å²) >= 11 is 3.34. The van der Waals surface area contributed by atoms with Crippen molar-refractivity contribution in [2.45, 2.75) is 26.3 Å². The predicted octanol–water partition coefficient (Wildman–Crippen LogP) is 3.07. The zero-order valence-corrected chi connectivity index (χ0v) is 12.0. The van der Waals surface area contributed by atoms with Gasteiger partial charge in [0.2, 0.25) is 0 Å². The van der Waals surface area contributed by atoms with Crippen LogP contribution in [0.4, 0.5) is 4.39 Å². The lowest BCUT2D eigenvalue weighted by Gasteiger charge is -2.18. The molecule has 0 radical (unpaired) electrons. The minimum Gasteiger partial charge on any atom is -0.507 e. The van der Waals surface area contributed by atoms with Crippen LogP contribution in [0, 0.1) is 11.7 Å². The molecule has 0 aliphatic heterocycles. The van der Waals surface area contributed by atoms with Gasteiger partial charge in [-0.2, -0.15) is 0 Å². The Morgan fingerprint density at radius 3 is 2.67 bits per heavy atom. The number of alkyl halides is 1. The highest BCUT2D eigenvalue weighted by Gasteiger charge is 2.16. The zero-order valence-electron chi connectivity index (χ0n) is 10.4. The van der Waals surface area contributed by atoms with Crippen molar-refractivity contribution in [2.24, 2.45) is 5.92 Å². The molecule has 1 atom stereocenters. The standard InChI is InChI=1S/C13H17BrFNO2/c1-8(2)5-10(7-14)16-13(18)11-4-3-9(15)6-12(11)17/h3-4,6,8,10,17H,5,7H2,1-2H3,(H,16,18). The topological polar surface area (TPSA) is 49.3 Å². The van der Waals surface area contributed by atoms with Gasteiger partial charge >= 0.3 is 0 Å². The Kier molecular flexibility index (Phi) is 5.59. The molecular formula is C13H17BrFNO2. The van der Waals surface area contributed by atoms with Crippen molar-refractivity contribution in [1.82, 2.24) is 5.32 Å². The monoisotopic (exact) mass is 317 g/mol. The highest BCUT2D eigenvalue weighted by Crippen LogP contribution is 2.18. The second kappa shape index (κ2) is 6.73. The molecule has 0 aliphatic carbocycles. The van der Waals surface area contributed by atoms with E-state index >= 15 is 0 Å². The van der Waals surface area contributed by atoms with Crippen molar-refractivity contribution in [1.29, 1.82) is 0 Å². The summed E-state index contributed by atoms with van der Waals surface area (Å²) in [5, 5.41) is 13.0. The fourth-order valence-corrected chi connectivity index (χ4v) is 2.12. The van der Waals surface area contributed by atoms with Crippen molar-refractivity contribution in [2.75, 3.05) is 5.33 Å². The largest absolute Gasteiger partial charge is 0.507 e. The minimum atomic E-state index is -0.566. The quantitative estimate of drug-likeness (QED) is 0.820. The average molecular weight is 318 g/mol. The normalized spacial score (nSPS) is 12.5. The summed E-state index contributed by atoms with van der Waals surface area (Å²) in [6.07, 6.45) is 0.832. The van der Waals surface area contributed by atoms with E-state index in [4.69, 9.17) is 0 Å². The molecule has 1 unspecified atom stereocenters. The fourth-order valence-electron chi connectivity index (χ4n) is 1.69. The molecular weight excluding hydrogens is 301 g/mol. The highest BCUT2D eigenvalue weighted by molar-refractivity contribution is 9.09. The van der Waals surface area contributed by atoms with Gasteiger partial charge in [-0.05, 0) is 24.5 Å². The van der Waals surface area contributed by atoms with Crippen LogP contribution in [-0.4, -0.2) is 22.4 Å². The lowest BCUT2D eigenvalue weighted by molar-refractivity contribution is 0.0934. The van der Waals surface area contributed by atoms with Gasteiger partial charge in [-0.1, -0.05) is 29.8 Å². The Balaban J connectivity index is 2.74. The lowest BCUT2D eigenvalue weighted by atomic mass is 10.0. The van der Waals surface area contributed by atoms with E-state index in [0.717, 1.165) is 18.6 Å². The molecule has 1 rings (SSSR count). The van der Waals surface area contributed by atoms with Crippen molar-refractivity contribution in [3.63, 3.8) is 0 Å². The lowest BCUT2D eigenvalue weighted by Crippen LogP contribution is -2.37. The first-order chi connectivity index (χ1) is 8.43. The van der Waals surface area contributed by atoms with Crippen LogP contribution in [0.2, 0.25) is 0 Å². The molecule has 0 aliphatic rings. The molecule has 100 valence electrons. The number of halogens is 2. The van der Waals surface area contributed by atoms with E-state index in [-0.39, 0.29) is 17.4 Å². The van der Waals surface area contributed by atoms with Crippen molar-refractivity contribution >= 4 is 21.8 Å². The Bertz CT molecular complexity index is 423. The first-order valence-corrected chi connectivity index (χ1v) is 6.91. The summed E-state index contributed by atoms with van der Waals surface area (Å²) in [5.41, 5.74) is 0.0890. The third kappa shape index (κ3) is 4.29. The molecule has 5 heteroatoms. The van der Waals surface area contributed by atoms with E-state index in [1.54, 1.807) is 0 Å². The second-order valence-electron chi connectivity index (χ2n) is 4.62. The number of phenolic OH excluding ortho intramolecular Hbond substituents is 1. The molecule has 1 aromatic carbocycles. The molecule has 0 heterocycles. The number of aromatic hydroxyl groups is 1. The SMILES string of the molecule is CC(C)CC(CBr)NC(=O)c1ccc(F)cc1O. The highest BCUT2D eigenvalue weighted by atomic mass is 79.9. The summed E-state index contributed by atoms with van der Waals surface area (Å²) in [4.78, 5) is 11.9. The van der Waals surface area contributed by atoms with E-state index in [0.29, 0.717) is 11.2 Å². The maximum absolute atomic E-state index is 12.8. The van der Waals surface area contributed by atoms with Crippen LogP contribution >= 0.6 is 15.9 Å². The van der Waals surface area contributed by atoms with Gasteiger partial charge in [-0.15, -0.1) is 0 Å². The summed E-state index contributed by atoms with van der Waals surface area (Å²) in [5.74, 6) is -0.846. The smallest absolute Gasteiger partial charge is 0.255 e. The molecule has 1 amide bonds. The maximum atomic E-state index is 12.8. The molecule has 18 heavy (non-hydrogen) atoms. The van der Waals surface area contributed by atoms with Crippen molar-refractivity contribution < 1.29 is 14.3 Å². The van der Waals surface area contributed by atoms with Gasteiger partial charge in [0.1, 0.15) is 11.6 Å². The summed E-state index contributed by atoms with van der Waals surface area (Å²) in [6.45, 7) is 4.13. The number of phenols is 1. The van der Waals surface area contributed by atoms with E-state index < -0.39 is 11.7 Å². The van der Waals surface area contributed by atoms with Crippen LogP contribution in [-0.2, 0) is 0 Å². The number of hydrogen-bond acceptors (Lipinski definition) is 2. The summed E-state index contributed by atoms with van der Waals surface area (Å²) in [6, 6.07) is 3.35. The maximum Gasteiger partial charge on any atom is 0.255 e. The van der Waals surface area contributed by atoms with E-state index in [2.05, 4.69) is 35.1 Å². The van der Waals surface area contributed by atoms with Gasteiger partial charge < -0.3 is 10.4 Å². The fraction of sp³-hybridized carbons (Fsp3) is 0.462. The summed E-state index contributed by atoms with van der Waals surface area (Å²) < 4.78 is 12.8. The molecule has 3 nitrogen and oxygen atoms in total. The average Bonchev–Trinajstić information content (AvgIpc) is 2.27. The van der Waals surface area contributed by atoms with Gasteiger partial charge in [-0.25, -0.2) is 4.39 Å². The number of amides is 1. The predicted molar refractivity (Wildman–Crippen MR) is 72.6 cm³/mol. The van der Waals surface area contributed by atoms with Crippen molar-refractivity contribution in [3.05, 3.63) is 29.6 Å². The van der Waals surface area contributed by atoms with Crippen LogP contribution in [0.25, 0.3) is 0 Å². The Hall–Kier alpha value is -1.10. The van der Waals surface area contributed by atoms with Crippen molar-refractivity contribution in [3.8, 4) is 5.75 Å². The number of hydrogen-bond donors (Lipinski definition) is 2.